The van der Waals surface area contributed by atoms with Crippen molar-refractivity contribution < 1.29 is 8.78 Å². The molecular weight excluding hydrogens is 244 g/mol. The smallest absolute Gasteiger partial charge is 0.126 e. The number of rotatable bonds is 5. The molecular formula is C16H23F2N. The standard InChI is InChI=1S/C16H23F2N/c1-3-19-16(13-5-4-11(2)6-13)9-12-7-14(17)10-15(18)8-12/h7-8,10-11,13,16,19H,3-6,9H2,1-2H3. The maximum atomic E-state index is 13.2. The van der Waals surface area contributed by atoms with E-state index in [-0.39, 0.29) is 0 Å². The predicted molar refractivity (Wildman–Crippen MR) is 74.0 cm³/mol. The van der Waals surface area contributed by atoms with Crippen molar-refractivity contribution in [2.45, 2.75) is 45.6 Å². The highest BCUT2D eigenvalue weighted by atomic mass is 19.1. The van der Waals surface area contributed by atoms with E-state index in [0.717, 1.165) is 24.1 Å². The van der Waals surface area contributed by atoms with Crippen LogP contribution in [0.5, 0.6) is 0 Å². The van der Waals surface area contributed by atoms with E-state index in [1.165, 1.54) is 31.4 Å². The Kier molecular flexibility index (Phi) is 4.92. The topological polar surface area (TPSA) is 12.0 Å². The Morgan fingerprint density at radius 1 is 1.21 bits per heavy atom. The molecule has 3 unspecified atom stereocenters. The third kappa shape index (κ3) is 4.00. The van der Waals surface area contributed by atoms with Crippen LogP contribution in [0, 0.1) is 23.5 Å². The molecule has 0 bridgehead atoms. The lowest BCUT2D eigenvalue weighted by atomic mass is 9.91. The van der Waals surface area contributed by atoms with Crippen LogP contribution in [0.15, 0.2) is 18.2 Å². The Morgan fingerprint density at radius 2 is 1.89 bits per heavy atom. The van der Waals surface area contributed by atoms with Crippen LogP contribution >= 0.6 is 0 Å². The van der Waals surface area contributed by atoms with Crippen LogP contribution < -0.4 is 5.32 Å². The van der Waals surface area contributed by atoms with Crippen LogP contribution in [-0.2, 0) is 6.42 Å². The minimum atomic E-state index is -0.481. The van der Waals surface area contributed by atoms with Crippen LogP contribution in [0.2, 0.25) is 0 Å². The van der Waals surface area contributed by atoms with Crippen LogP contribution in [0.1, 0.15) is 38.7 Å². The summed E-state index contributed by atoms with van der Waals surface area (Å²) in [5.74, 6) is 0.437. The van der Waals surface area contributed by atoms with E-state index >= 15 is 0 Å². The molecule has 1 saturated carbocycles. The fourth-order valence-corrected chi connectivity index (χ4v) is 3.27. The van der Waals surface area contributed by atoms with Gasteiger partial charge in [-0.15, -0.1) is 0 Å². The summed E-state index contributed by atoms with van der Waals surface area (Å²) in [5.41, 5.74) is 0.753. The Hall–Kier alpha value is -0.960. The summed E-state index contributed by atoms with van der Waals surface area (Å²) in [6.45, 7) is 5.26. The van der Waals surface area contributed by atoms with Crippen molar-refractivity contribution in [3.63, 3.8) is 0 Å². The quantitative estimate of drug-likeness (QED) is 0.852. The summed E-state index contributed by atoms with van der Waals surface area (Å²) in [4.78, 5) is 0. The highest BCUT2D eigenvalue weighted by molar-refractivity contribution is 5.19. The summed E-state index contributed by atoms with van der Waals surface area (Å²) < 4.78 is 26.5. The SMILES string of the molecule is CCNC(Cc1cc(F)cc(F)c1)C1CCC(C)C1. The number of hydrogen-bond acceptors (Lipinski definition) is 1. The van der Waals surface area contributed by atoms with Gasteiger partial charge in [0.1, 0.15) is 11.6 Å². The zero-order valence-electron chi connectivity index (χ0n) is 11.8. The lowest BCUT2D eigenvalue weighted by Gasteiger charge is -2.24. The number of nitrogens with one attached hydrogen (secondary N) is 1. The molecule has 0 saturated heterocycles. The third-order valence-electron chi connectivity index (χ3n) is 4.15. The fraction of sp³-hybridized carbons (Fsp3) is 0.625. The van der Waals surface area contributed by atoms with Crippen LogP contribution in [0.4, 0.5) is 8.78 Å². The van der Waals surface area contributed by atoms with E-state index < -0.39 is 11.6 Å². The zero-order valence-corrected chi connectivity index (χ0v) is 11.8. The van der Waals surface area contributed by atoms with E-state index in [4.69, 9.17) is 0 Å². The Bertz CT molecular complexity index is 399. The van der Waals surface area contributed by atoms with Gasteiger partial charge in [-0.1, -0.05) is 20.3 Å². The largest absolute Gasteiger partial charge is 0.314 e. The zero-order chi connectivity index (χ0) is 13.8. The van der Waals surface area contributed by atoms with Crippen molar-refractivity contribution in [1.82, 2.24) is 5.32 Å². The Balaban J connectivity index is 2.07. The second-order valence-corrected chi connectivity index (χ2v) is 5.82. The lowest BCUT2D eigenvalue weighted by Crippen LogP contribution is -2.37. The molecule has 0 heterocycles. The number of hydrogen-bond donors (Lipinski definition) is 1. The van der Waals surface area contributed by atoms with E-state index in [1.54, 1.807) is 0 Å². The van der Waals surface area contributed by atoms with Gasteiger partial charge >= 0.3 is 0 Å². The first kappa shape index (κ1) is 14.4. The normalized spacial score (nSPS) is 24.6. The van der Waals surface area contributed by atoms with Crippen molar-refractivity contribution in [3.05, 3.63) is 35.4 Å². The molecule has 1 N–H and O–H groups in total. The molecule has 0 aliphatic heterocycles. The molecule has 0 aromatic heterocycles. The molecule has 106 valence electrons. The first-order valence-electron chi connectivity index (χ1n) is 7.26. The lowest BCUT2D eigenvalue weighted by molar-refractivity contribution is 0.353. The van der Waals surface area contributed by atoms with Gasteiger partial charge in [-0.2, -0.15) is 0 Å². The van der Waals surface area contributed by atoms with E-state index in [1.807, 2.05) is 0 Å². The Morgan fingerprint density at radius 3 is 2.42 bits per heavy atom. The molecule has 2 rings (SSSR count). The van der Waals surface area contributed by atoms with Gasteiger partial charge in [0, 0.05) is 12.1 Å². The Labute approximate surface area is 114 Å². The van der Waals surface area contributed by atoms with Gasteiger partial charge in [-0.3, -0.25) is 0 Å². The summed E-state index contributed by atoms with van der Waals surface area (Å²) >= 11 is 0. The van der Waals surface area contributed by atoms with E-state index in [2.05, 4.69) is 19.2 Å². The van der Waals surface area contributed by atoms with Gasteiger partial charge < -0.3 is 5.32 Å². The first-order valence-corrected chi connectivity index (χ1v) is 7.26. The number of halogens is 2. The molecule has 3 heteroatoms. The average molecular weight is 267 g/mol. The monoisotopic (exact) mass is 267 g/mol. The molecule has 1 aromatic rings. The van der Waals surface area contributed by atoms with Crippen molar-refractivity contribution in [2.24, 2.45) is 11.8 Å². The molecule has 19 heavy (non-hydrogen) atoms. The summed E-state index contributed by atoms with van der Waals surface area (Å²) in [7, 11) is 0. The molecule has 1 aliphatic rings. The number of benzene rings is 1. The van der Waals surface area contributed by atoms with Gasteiger partial charge in [-0.05, 0) is 55.3 Å². The number of likely N-dealkylation sites (N-methyl/N-ethyl adjacent to an activating group) is 1. The van der Waals surface area contributed by atoms with Crippen molar-refractivity contribution in [1.29, 1.82) is 0 Å². The highest BCUT2D eigenvalue weighted by Crippen LogP contribution is 2.33. The van der Waals surface area contributed by atoms with Gasteiger partial charge in [0.25, 0.3) is 0 Å². The van der Waals surface area contributed by atoms with Gasteiger partial charge in [-0.25, -0.2) is 8.78 Å². The third-order valence-corrected chi connectivity index (χ3v) is 4.15. The molecule has 0 amide bonds. The second kappa shape index (κ2) is 6.47. The molecule has 1 aromatic carbocycles. The summed E-state index contributed by atoms with van der Waals surface area (Å²) in [6, 6.07) is 4.16. The van der Waals surface area contributed by atoms with Gasteiger partial charge in [0.05, 0.1) is 0 Å². The van der Waals surface area contributed by atoms with Gasteiger partial charge in [0.2, 0.25) is 0 Å². The van der Waals surface area contributed by atoms with Crippen LogP contribution in [0.25, 0.3) is 0 Å². The first-order chi connectivity index (χ1) is 9.08. The average Bonchev–Trinajstić information content (AvgIpc) is 2.74. The molecule has 1 nitrogen and oxygen atoms in total. The van der Waals surface area contributed by atoms with E-state index in [9.17, 15) is 8.78 Å². The van der Waals surface area contributed by atoms with E-state index in [0.29, 0.717) is 18.4 Å². The predicted octanol–water partition coefficient (Wildman–Crippen LogP) is 3.92. The maximum absolute atomic E-state index is 13.2. The van der Waals surface area contributed by atoms with Crippen molar-refractivity contribution in [2.75, 3.05) is 6.54 Å². The van der Waals surface area contributed by atoms with Crippen LogP contribution in [-0.4, -0.2) is 12.6 Å². The van der Waals surface area contributed by atoms with Gasteiger partial charge in [0.15, 0.2) is 0 Å². The summed E-state index contributed by atoms with van der Waals surface area (Å²) in [6.07, 6.45) is 4.41. The molecule has 3 atom stereocenters. The minimum absolute atomic E-state index is 0.330. The fourth-order valence-electron chi connectivity index (χ4n) is 3.27. The molecule has 0 spiro atoms. The summed E-state index contributed by atoms with van der Waals surface area (Å²) in [5, 5.41) is 3.49. The molecule has 0 radical (unpaired) electrons. The highest BCUT2D eigenvalue weighted by Gasteiger charge is 2.28. The molecule has 1 aliphatic carbocycles. The second-order valence-electron chi connectivity index (χ2n) is 5.82. The van der Waals surface area contributed by atoms with Crippen molar-refractivity contribution >= 4 is 0 Å². The minimum Gasteiger partial charge on any atom is -0.314 e. The van der Waals surface area contributed by atoms with Crippen LogP contribution in [0.3, 0.4) is 0 Å². The van der Waals surface area contributed by atoms with Crippen molar-refractivity contribution in [3.8, 4) is 0 Å². The maximum Gasteiger partial charge on any atom is 0.126 e. The molecule has 1 fully saturated rings.